The molecule has 1 amide bonds. The van der Waals surface area contributed by atoms with Crippen LogP contribution in [0.5, 0.6) is 0 Å². The molecule has 0 unspecified atom stereocenters. The predicted molar refractivity (Wildman–Crippen MR) is 70.3 cm³/mol. The van der Waals surface area contributed by atoms with Gasteiger partial charge >= 0.3 is 5.97 Å². The first-order valence-electron chi connectivity index (χ1n) is 5.36. The molecule has 1 aromatic carbocycles. The molecule has 0 spiro atoms. The Morgan fingerprint density at radius 3 is 2.67 bits per heavy atom. The van der Waals surface area contributed by atoms with Gasteiger partial charge in [0.15, 0.2) is 0 Å². The molecule has 0 heterocycles. The minimum absolute atomic E-state index is 0.328. The van der Waals surface area contributed by atoms with Crippen molar-refractivity contribution in [2.75, 3.05) is 7.11 Å². The molecule has 0 bridgehead atoms. The highest BCUT2D eigenvalue weighted by molar-refractivity contribution is 5.98. The highest BCUT2D eigenvalue weighted by Gasteiger charge is 2.11. The Bertz CT molecular complexity index is 492. The molecule has 1 rings (SSSR count). The summed E-state index contributed by atoms with van der Waals surface area (Å²) in [6, 6.07) is 7.38. The van der Waals surface area contributed by atoms with E-state index >= 15 is 0 Å². The second-order valence-corrected chi connectivity index (χ2v) is 3.57. The average Bonchev–Trinajstić information content (AvgIpc) is 2.38. The van der Waals surface area contributed by atoms with Crippen LogP contribution in [0.25, 0.3) is 11.8 Å². The zero-order valence-corrected chi connectivity index (χ0v) is 10.2. The molecule has 0 aromatic heterocycles. The number of methoxy groups -OCH3 is 1. The van der Waals surface area contributed by atoms with Gasteiger partial charge in [0.1, 0.15) is 6.42 Å². The van der Waals surface area contributed by atoms with Crippen LogP contribution < -0.4 is 5.32 Å². The number of rotatable bonds is 5. The van der Waals surface area contributed by atoms with E-state index in [0.717, 1.165) is 11.1 Å². The van der Waals surface area contributed by atoms with Crippen LogP contribution in [-0.2, 0) is 14.3 Å². The van der Waals surface area contributed by atoms with Gasteiger partial charge in [-0.25, -0.2) is 0 Å². The number of benzene rings is 1. The van der Waals surface area contributed by atoms with E-state index in [1.54, 1.807) is 6.08 Å². The van der Waals surface area contributed by atoms with Crippen molar-refractivity contribution in [2.45, 2.75) is 6.42 Å². The third-order valence-electron chi connectivity index (χ3n) is 2.33. The minimum atomic E-state index is -0.586. The van der Waals surface area contributed by atoms with Crippen molar-refractivity contribution in [1.82, 2.24) is 5.32 Å². The maximum atomic E-state index is 11.5. The smallest absolute Gasteiger partial charge is 0.315 e. The van der Waals surface area contributed by atoms with Crippen molar-refractivity contribution in [1.29, 1.82) is 0 Å². The molecule has 0 aliphatic carbocycles. The van der Waals surface area contributed by atoms with E-state index in [2.05, 4.69) is 23.2 Å². The Labute approximate surface area is 106 Å². The van der Waals surface area contributed by atoms with Crippen LogP contribution >= 0.6 is 0 Å². The Kier molecular flexibility index (Phi) is 4.87. The van der Waals surface area contributed by atoms with Crippen molar-refractivity contribution in [2.24, 2.45) is 0 Å². The van der Waals surface area contributed by atoms with E-state index in [1.165, 1.54) is 7.11 Å². The maximum absolute atomic E-state index is 11.5. The second-order valence-electron chi connectivity index (χ2n) is 3.57. The van der Waals surface area contributed by atoms with Gasteiger partial charge in [-0.1, -0.05) is 43.5 Å². The van der Waals surface area contributed by atoms with E-state index in [4.69, 9.17) is 0 Å². The van der Waals surface area contributed by atoms with Crippen molar-refractivity contribution >= 4 is 23.6 Å². The van der Waals surface area contributed by atoms with Crippen LogP contribution in [0, 0.1) is 0 Å². The molecule has 4 nitrogen and oxygen atoms in total. The molecule has 18 heavy (non-hydrogen) atoms. The van der Waals surface area contributed by atoms with E-state index in [-0.39, 0.29) is 6.42 Å². The van der Waals surface area contributed by atoms with Crippen LogP contribution in [0.4, 0.5) is 0 Å². The summed E-state index contributed by atoms with van der Waals surface area (Å²) in [5, 5.41) is 2.55. The summed E-state index contributed by atoms with van der Waals surface area (Å²) < 4.78 is 4.41. The second kappa shape index (κ2) is 6.39. The van der Waals surface area contributed by atoms with Crippen LogP contribution in [0.15, 0.2) is 37.4 Å². The van der Waals surface area contributed by atoms with Crippen molar-refractivity contribution < 1.29 is 14.3 Å². The number of nitrogens with one attached hydrogen (secondary N) is 1. The summed E-state index contributed by atoms with van der Waals surface area (Å²) >= 11 is 0. The largest absolute Gasteiger partial charge is 0.469 e. The van der Waals surface area contributed by atoms with E-state index in [1.807, 2.05) is 24.3 Å². The number of carbonyl (C=O) groups excluding carboxylic acids is 2. The van der Waals surface area contributed by atoms with Gasteiger partial charge in [0, 0.05) is 11.3 Å². The molecule has 1 N–H and O–H groups in total. The third kappa shape index (κ3) is 3.59. The number of amides is 1. The van der Waals surface area contributed by atoms with Crippen LogP contribution in [0.2, 0.25) is 0 Å². The number of hydrogen-bond acceptors (Lipinski definition) is 3. The molecular weight excluding hydrogens is 230 g/mol. The summed E-state index contributed by atoms with van der Waals surface area (Å²) in [7, 11) is 1.23. The summed E-state index contributed by atoms with van der Waals surface area (Å²) in [6.45, 7) is 7.46. The lowest BCUT2D eigenvalue weighted by Crippen LogP contribution is -2.24. The van der Waals surface area contributed by atoms with Gasteiger partial charge in [-0.05, 0) is 5.56 Å². The summed E-state index contributed by atoms with van der Waals surface area (Å²) in [4.78, 5) is 22.4. The zero-order chi connectivity index (χ0) is 13.5. The Hall–Kier alpha value is -2.36. The van der Waals surface area contributed by atoms with E-state index < -0.39 is 11.9 Å². The van der Waals surface area contributed by atoms with Gasteiger partial charge in [0.05, 0.1) is 7.11 Å². The fraction of sp³-hybridized carbons (Fsp3) is 0.143. The van der Waals surface area contributed by atoms with Gasteiger partial charge in [-0.2, -0.15) is 0 Å². The zero-order valence-electron chi connectivity index (χ0n) is 10.2. The summed E-state index contributed by atoms with van der Waals surface area (Å²) in [5.41, 5.74) is 2.06. The standard InChI is InChI=1S/C14H15NO3/c1-4-11-7-5-6-8-12(11)10(2)15-13(16)9-14(17)18-3/h4-8H,1-2,9H2,3H3,(H,15,16). The summed E-state index contributed by atoms with van der Waals surface area (Å²) in [5.74, 6) is -1.04. The molecule has 1 aromatic rings. The highest BCUT2D eigenvalue weighted by Crippen LogP contribution is 2.16. The molecule has 0 saturated carbocycles. The predicted octanol–water partition coefficient (Wildman–Crippen LogP) is 1.98. The monoisotopic (exact) mass is 245 g/mol. The lowest BCUT2D eigenvalue weighted by Gasteiger charge is -2.10. The molecule has 0 saturated heterocycles. The quantitative estimate of drug-likeness (QED) is 0.637. The van der Waals surface area contributed by atoms with Gasteiger partial charge in [0.2, 0.25) is 5.91 Å². The van der Waals surface area contributed by atoms with E-state index in [0.29, 0.717) is 5.70 Å². The highest BCUT2D eigenvalue weighted by atomic mass is 16.5. The van der Waals surface area contributed by atoms with Crippen molar-refractivity contribution in [3.8, 4) is 0 Å². The van der Waals surface area contributed by atoms with Crippen LogP contribution in [0.1, 0.15) is 17.5 Å². The van der Waals surface area contributed by atoms with Gasteiger partial charge in [-0.3, -0.25) is 9.59 Å². The van der Waals surface area contributed by atoms with Crippen LogP contribution in [0.3, 0.4) is 0 Å². The Morgan fingerprint density at radius 1 is 1.39 bits per heavy atom. The number of esters is 1. The van der Waals surface area contributed by atoms with Crippen molar-refractivity contribution in [3.05, 3.63) is 48.6 Å². The van der Waals surface area contributed by atoms with Gasteiger partial charge in [-0.15, -0.1) is 0 Å². The maximum Gasteiger partial charge on any atom is 0.315 e. The molecule has 0 radical (unpaired) electrons. The number of hydrogen-bond donors (Lipinski definition) is 1. The number of ether oxygens (including phenoxy) is 1. The lowest BCUT2D eigenvalue weighted by molar-refractivity contribution is -0.143. The molecule has 0 aliphatic rings. The lowest BCUT2D eigenvalue weighted by atomic mass is 10.1. The average molecular weight is 245 g/mol. The fourth-order valence-corrected chi connectivity index (χ4v) is 1.43. The molecule has 0 fully saturated rings. The summed E-state index contributed by atoms with van der Waals surface area (Å²) in [6.07, 6.45) is 1.35. The first-order valence-corrected chi connectivity index (χ1v) is 5.36. The normalized spacial score (nSPS) is 9.39. The third-order valence-corrected chi connectivity index (χ3v) is 2.33. The molecule has 94 valence electrons. The number of carbonyl (C=O) groups is 2. The molecule has 0 aliphatic heterocycles. The molecular formula is C14H15NO3. The molecule has 0 atom stereocenters. The fourth-order valence-electron chi connectivity index (χ4n) is 1.43. The van der Waals surface area contributed by atoms with Crippen LogP contribution in [-0.4, -0.2) is 19.0 Å². The van der Waals surface area contributed by atoms with Gasteiger partial charge in [0.25, 0.3) is 0 Å². The minimum Gasteiger partial charge on any atom is -0.469 e. The first kappa shape index (κ1) is 13.7. The SMILES string of the molecule is C=Cc1ccccc1C(=C)NC(=O)CC(=O)OC. The molecule has 4 heteroatoms. The van der Waals surface area contributed by atoms with E-state index in [9.17, 15) is 9.59 Å². The topological polar surface area (TPSA) is 55.4 Å². The van der Waals surface area contributed by atoms with Gasteiger partial charge < -0.3 is 10.1 Å². The first-order chi connectivity index (χ1) is 8.58. The van der Waals surface area contributed by atoms with Crippen molar-refractivity contribution in [3.63, 3.8) is 0 Å². The Balaban J connectivity index is 2.74. The Morgan fingerprint density at radius 2 is 2.06 bits per heavy atom.